The molecular formula is C19H29F3N2. The number of halogens is 3. The molecule has 0 saturated carbocycles. The van der Waals surface area contributed by atoms with Gasteiger partial charge in [0.15, 0.2) is 0 Å². The summed E-state index contributed by atoms with van der Waals surface area (Å²) in [5, 5.41) is 2.62. The molecule has 1 heterocycles. The van der Waals surface area contributed by atoms with Crippen molar-refractivity contribution in [3.63, 3.8) is 0 Å². The molecule has 0 amide bonds. The molecule has 0 saturated heterocycles. The molecule has 0 unspecified atom stereocenters. The van der Waals surface area contributed by atoms with Crippen LogP contribution in [0.2, 0.25) is 0 Å². The van der Waals surface area contributed by atoms with Crippen molar-refractivity contribution in [1.29, 1.82) is 0 Å². The Labute approximate surface area is 143 Å². The van der Waals surface area contributed by atoms with E-state index in [4.69, 9.17) is 0 Å². The molecule has 24 heavy (non-hydrogen) atoms. The van der Waals surface area contributed by atoms with E-state index in [0.29, 0.717) is 6.42 Å². The van der Waals surface area contributed by atoms with E-state index in [1.807, 2.05) is 31.9 Å². The minimum Gasteiger partial charge on any atom is -0.321 e. The Bertz CT molecular complexity index is 574. The van der Waals surface area contributed by atoms with Crippen LogP contribution in [0.1, 0.15) is 54.4 Å². The molecule has 1 aliphatic heterocycles. The highest BCUT2D eigenvalue weighted by atomic mass is 19.4. The number of nitrogens with one attached hydrogen (secondary N) is 1. The Balaban J connectivity index is 3.05. The summed E-state index contributed by atoms with van der Waals surface area (Å²) in [6.45, 7) is 14.8. The quantitative estimate of drug-likeness (QED) is 0.669. The van der Waals surface area contributed by atoms with Crippen LogP contribution in [0, 0.1) is 0 Å². The van der Waals surface area contributed by atoms with E-state index in [1.54, 1.807) is 13.8 Å². The Morgan fingerprint density at radius 2 is 1.83 bits per heavy atom. The van der Waals surface area contributed by atoms with Crippen LogP contribution in [0.5, 0.6) is 0 Å². The van der Waals surface area contributed by atoms with Crippen LogP contribution in [-0.4, -0.2) is 23.2 Å². The number of allylic oxidation sites excluding steroid dienone is 4. The molecule has 0 aromatic rings. The van der Waals surface area contributed by atoms with Crippen molar-refractivity contribution >= 4 is 0 Å². The third-order valence-corrected chi connectivity index (χ3v) is 4.10. The van der Waals surface area contributed by atoms with Crippen LogP contribution in [0.25, 0.3) is 0 Å². The van der Waals surface area contributed by atoms with E-state index in [2.05, 4.69) is 24.9 Å². The van der Waals surface area contributed by atoms with Gasteiger partial charge in [0.2, 0.25) is 0 Å². The normalized spacial score (nSPS) is 16.0. The predicted molar refractivity (Wildman–Crippen MR) is 94.2 cm³/mol. The van der Waals surface area contributed by atoms with Crippen LogP contribution >= 0.6 is 0 Å². The zero-order valence-corrected chi connectivity index (χ0v) is 15.6. The first kappa shape index (κ1) is 20.6. The summed E-state index contributed by atoms with van der Waals surface area (Å²) >= 11 is 0. The van der Waals surface area contributed by atoms with Crippen molar-refractivity contribution in [2.75, 3.05) is 6.54 Å². The number of alkyl halides is 3. The Hall–Kier alpha value is -1.49. The summed E-state index contributed by atoms with van der Waals surface area (Å²) in [5.74, 6) is 0. The van der Waals surface area contributed by atoms with Crippen LogP contribution in [0.4, 0.5) is 13.2 Å². The molecule has 0 fully saturated rings. The lowest BCUT2D eigenvalue weighted by molar-refractivity contribution is -0.128. The average Bonchev–Trinajstić information content (AvgIpc) is 2.45. The van der Waals surface area contributed by atoms with Crippen LogP contribution in [-0.2, 0) is 0 Å². The predicted octanol–water partition coefficient (Wildman–Crippen LogP) is 5.67. The fourth-order valence-electron chi connectivity index (χ4n) is 2.59. The fourth-order valence-corrected chi connectivity index (χ4v) is 2.59. The zero-order chi connectivity index (χ0) is 18.7. The first-order valence-electron chi connectivity index (χ1n) is 8.22. The molecule has 0 aromatic carbocycles. The van der Waals surface area contributed by atoms with Crippen molar-refractivity contribution in [2.24, 2.45) is 0 Å². The summed E-state index contributed by atoms with van der Waals surface area (Å²) in [4.78, 5) is 2.03. The molecular weight excluding hydrogens is 313 g/mol. The molecule has 0 bridgehead atoms. The molecule has 0 spiro atoms. The standard InChI is InChI=1S/C19H29F3N2/c1-8-16-9-14(4)15(5)24(11-16)17(13(2)3)10-18(6,7)23-12-19(20,21)22/h9,11,23H,5,8,10,12H2,1-4,6-7H3. The van der Waals surface area contributed by atoms with Gasteiger partial charge in [-0.25, -0.2) is 0 Å². The van der Waals surface area contributed by atoms with Crippen LogP contribution < -0.4 is 5.32 Å². The third-order valence-electron chi connectivity index (χ3n) is 4.10. The Kier molecular flexibility index (Phi) is 6.51. The average molecular weight is 342 g/mol. The zero-order valence-electron chi connectivity index (χ0n) is 15.6. The van der Waals surface area contributed by atoms with Gasteiger partial charge >= 0.3 is 6.18 Å². The summed E-state index contributed by atoms with van der Waals surface area (Å²) in [6.07, 6.45) is 1.30. The lowest BCUT2D eigenvalue weighted by Gasteiger charge is -2.36. The maximum atomic E-state index is 12.5. The highest BCUT2D eigenvalue weighted by molar-refractivity contribution is 5.42. The smallest absolute Gasteiger partial charge is 0.321 e. The molecule has 0 radical (unpaired) electrons. The maximum absolute atomic E-state index is 12.5. The maximum Gasteiger partial charge on any atom is 0.401 e. The van der Waals surface area contributed by atoms with Gasteiger partial charge in [-0.3, -0.25) is 0 Å². The highest BCUT2D eigenvalue weighted by Crippen LogP contribution is 2.32. The van der Waals surface area contributed by atoms with Crippen molar-refractivity contribution < 1.29 is 13.2 Å². The Morgan fingerprint density at radius 1 is 1.25 bits per heavy atom. The van der Waals surface area contributed by atoms with Crippen LogP contribution in [0.15, 0.2) is 47.0 Å². The molecule has 1 N–H and O–H groups in total. The lowest BCUT2D eigenvalue weighted by atomic mass is 9.93. The number of nitrogens with zero attached hydrogens (tertiary/aromatic N) is 1. The van der Waals surface area contributed by atoms with E-state index in [-0.39, 0.29) is 0 Å². The highest BCUT2D eigenvalue weighted by Gasteiger charge is 2.32. The van der Waals surface area contributed by atoms with Crippen molar-refractivity contribution in [3.8, 4) is 0 Å². The van der Waals surface area contributed by atoms with Gasteiger partial charge in [-0.1, -0.05) is 25.2 Å². The summed E-state index contributed by atoms with van der Waals surface area (Å²) in [5.41, 5.74) is 4.50. The molecule has 0 atom stereocenters. The van der Waals surface area contributed by atoms with Gasteiger partial charge in [0, 0.05) is 29.6 Å². The fraction of sp³-hybridized carbons (Fsp3) is 0.579. The molecule has 1 rings (SSSR count). The summed E-state index contributed by atoms with van der Waals surface area (Å²) < 4.78 is 37.6. The van der Waals surface area contributed by atoms with E-state index in [0.717, 1.165) is 29.0 Å². The van der Waals surface area contributed by atoms with Crippen LogP contribution in [0.3, 0.4) is 0 Å². The van der Waals surface area contributed by atoms with E-state index in [1.165, 1.54) is 5.57 Å². The lowest BCUT2D eigenvalue weighted by Crippen LogP contribution is -2.45. The van der Waals surface area contributed by atoms with Gasteiger partial charge in [0.05, 0.1) is 6.54 Å². The summed E-state index contributed by atoms with van der Waals surface area (Å²) in [7, 11) is 0. The second kappa shape index (κ2) is 7.60. The first-order valence-corrected chi connectivity index (χ1v) is 8.22. The second-order valence-electron chi connectivity index (χ2n) is 7.18. The molecule has 1 aliphatic rings. The topological polar surface area (TPSA) is 15.3 Å². The SMILES string of the molecule is C=C1C(C)=CC(CC)=CN1C(CC(C)(C)NCC(F)(F)F)=C(C)C. The number of hydrogen-bond acceptors (Lipinski definition) is 2. The molecule has 2 nitrogen and oxygen atoms in total. The number of rotatable bonds is 6. The van der Waals surface area contributed by atoms with Gasteiger partial charge < -0.3 is 10.2 Å². The number of hydrogen-bond donors (Lipinski definition) is 1. The largest absolute Gasteiger partial charge is 0.401 e. The Morgan fingerprint density at radius 3 is 2.29 bits per heavy atom. The van der Waals surface area contributed by atoms with Gasteiger partial charge in [-0.05, 0) is 52.2 Å². The molecule has 0 aromatic heterocycles. The van der Waals surface area contributed by atoms with Crippen molar-refractivity contribution in [1.82, 2.24) is 10.2 Å². The van der Waals surface area contributed by atoms with Gasteiger partial charge in [0.25, 0.3) is 0 Å². The minimum absolute atomic E-state index is 0.477. The van der Waals surface area contributed by atoms with E-state index < -0.39 is 18.3 Å². The molecule has 0 aliphatic carbocycles. The van der Waals surface area contributed by atoms with E-state index in [9.17, 15) is 13.2 Å². The third kappa shape index (κ3) is 5.86. The molecule has 136 valence electrons. The van der Waals surface area contributed by atoms with Crippen molar-refractivity contribution in [2.45, 2.75) is 66.1 Å². The van der Waals surface area contributed by atoms with Crippen molar-refractivity contribution in [3.05, 3.63) is 47.0 Å². The molecule has 5 heteroatoms. The van der Waals surface area contributed by atoms with Gasteiger partial charge in [-0.15, -0.1) is 0 Å². The second-order valence-corrected chi connectivity index (χ2v) is 7.18. The monoisotopic (exact) mass is 342 g/mol. The van der Waals surface area contributed by atoms with Gasteiger partial charge in [-0.2, -0.15) is 13.2 Å². The van der Waals surface area contributed by atoms with Gasteiger partial charge in [0.1, 0.15) is 0 Å². The van der Waals surface area contributed by atoms with E-state index >= 15 is 0 Å². The first-order chi connectivity index (χ1) is 10.9. The summed E-state index contributed by atoms with van der Waals surface area (Å²) in [6, 6.07) is 0. The minimum atomic E-state index is -4.22.